The van der Waals surface area contributed by atoms with Crippen molar-refractivity contribution in [1.29, 1.82) is 0 Å². The normalized spacial score (nSPS) is 13.7. The lowest BCUT2D eigenvalue weighted by Crippen LogP contribution is -2.32. The molecule has 1 aromatic heterocycles. The number of hydrogen-bond donors (Lipinski definition) is 5. The number of nitrogens with two attached hydrogens (primary N) is 1. The zero-order valence-electron chi connectivity index (χ0n) is 21.6. The van der Waals surface area contributed by atoms with Crippen LogP contribution in [0.3, 0.4) is 0 Å². The summed E-state index contributed by atoms with van der Waals surface area (Å²) in [6, 6.07) is 24.5. The zero-order valence-corrected chi connectivity index (χ0v) is 21.6. The molecule has 1 amide bonds. The van der Waals surface area contributed by atoms with E-state index in [1.807, 2.05) is 49.4 Å². The number of phenols is 1. The lowest BCUT2D eigenvalue weighted by atomic mass is 9.91. The van der Waals surface area contributed by atoms with Gasteiger partial charge in [0.2, 0.25) is 11.5 Å². The van der Waals surface area contributed by atoms with Gasteiger partial charge in [0.15, 0.2) is 0 Å². The van der Waals surface area contributed by atoms with Gasteiger partial charge < -0.3 is 26.2 Å². The van der Waals surface area contributed by atoms with E-state index in [4.69, 9.17) is 5.73 Å². The van der Waals surface area contributed by atoms with Crippen LogP contribution in [-0.2, 0) is 17.6 Å². The Hall–Kier alpha value is -3.94. The van der Waals surface area contributed by atoms with Gasteiger partial charge in [0.1, 0.15) is 5.75 Å². The third-order valence-electron chi connectivity index (χ3n) is 6.99. The van der Waals surface area contributed by atoms with Gasteiger partial charge in [0.25, 0.3) is 0 Å². The minimum atomic E-state index is -0.818. The van der Waals surface area contributed by atoms with Gasteiger partial charge in [-0.25, -0.2) is 0 Å². The van der Waals surface area contributed by atoms with Crippen LogP contribution in [-0.4, -0.2) is 33.7 Å². The summed E-state index contributed by atoms with van der Waals surface area (Å²) in [7, 11) is 0. The van der Waals surface area contributed by atoms with Crippen molar-refractivity contribution in [1.82, 2.24) is 10.3 Å². The molecule has 4 rings (SSSR count). The van der Waals surface area contributed by atoms with Gasteiger partial charge in [0.05, 0.1) is 17.5 Å². The van der Waals surface area contributed by atoms with Gasteiger partial charge >= 0.3 is 0 Å². The molecular weight excluding hydrogens is 478 g/mol. The number of aryl methyl sites for hydroxylation is 1. The maximum atomic E-state index is 12.1. The number of rotatable bonds is 12. The summed E-state index contributed by atoms with van der Waals surface area (Å²) in [5, 5.41) is 24.8. The summed E-state index contributed by atoms with van der Waals surface area (Å²) in [5.41, 5.74) is 9.66. The number of aromatic amines is 1. The van der Waals surface area contributed by atoms with E-state index < -0.39 is 6.10 Å². The molecule has 0 bridgehead atoms. The molecule has 0 aliphatic carbocycles. The third kappa shape index (κ3) is 6.88. The molecule has 0 aliphatic rings. The number of H-pyrrole nitrogens is 1. The topological polar surface area (TPSA) is 128 Å². The van der Waals surface area contributed by atoms with Gasteiger partial charge in [0, 0.05) is 24.0 Å². The first-order chi connectivity index (χ1) is 18.3. The summed E-state index contributed by atoms with van der Waals surface area (Å²) in [5.74, 6) is -0.651. The van der Waals surface area contributed by atoms with Crippen LogP contribution < -0.4 is 16.6 Å². The standard InChI is InChI=1S/C31H35N3O4/c1-20(33-19-28(36)25-14-16-27(35)30-26(25)15-17-29(37)34-30)18-22-10-12-23(13-11-22)24(31(32)38)9-5-8-21-6-3-2-4-7-21/h2-4,6-7,10-17,20,24,28,33,35-36H,5,8-9,18-19H2,1H3,(H2,32,38)(H,34,37)/t20-,24?,28+/m1/s1. The number of aliphatic hydroxyl groups is 1. The summed E-state index contributed by atoms with van der Waals surface area (Å²) in [6.45, 7) is 2.35. The number of carbonyl (C=O) groups is 1. The number of hydrogen-bond acceptors (Lipinski definition) is 5. The first-order valence-electron chi connectivity index (χ1n) is 13.0. The molecule has 1 unspecified atom stereocenters. The fourth-order valence-electron chi connectivity index (χ4n) is 4.91. The molecule has 0 saturated carbocycles. The van der Waals surface area contributed by atoms with Crippen LogP contribution in [0, 0.1) is 0 Å². The second-order valence-electron chi connectivity index (χ2n) is 9.89. The molecule has 0 aliphatic heterocycles. The molecule has 6 N–H and O–H groups in total. The minimum absolute atomic E-state index is 0.0341. The van der Waals surface area contributed by atoms with Crippen molar-refractivity contribution in [3.63, 3.8) is 0 Å². The molecule has 198 valence electrons. The third-order valence-corrected chi connectivity index (χ3v) is 6.99. The molecule has 0 fully saturated rings. The lowest BCUT2D eigenvalue weighted by molar-refractivity contribution is -0.119. The lowest BCUT2D eigenvalue weighted by Gasteiger charge is -2.19. The van der Waals surface area contributed by atoms with E-state index in [9.17, 15) is 19.8 Å². The number of aromatic hydroxyl groups is 1. The molecule has 0 saturated heterocycles. The smallest absolute Gasteiger partial charge is 0.248 e. The van der Waals surface area contributed by atoms with Gasteiger partial charge in [-0.1, -0.05) is 60.7 Å². The van der Waals surface area contributed by atoms with Crippen LogP contribution in [0.25, 0.3) is 10.9 Å². The summed E-state index contributed by atoms with van der Waals surface area (Å²) in [6.07, 6.45) is 2.43. The number of aliphatic hydroxyl groups excluding tert-OH is 1. The number of aromatic nitrogens is 1. The van der Waals surface area contributed by atoms with Gasteiger partial charge in [-0.3, -0.25) is 9.59 Å². The Bertz CT molecular complexity index is 1420. The number of benzene rings is 3. The van der Waals surface area contributed by atoms with Gasteiger partial charge in [-0.05, 0) is 67.0 Å². The molecule has 3 aromatic carbocycles. The molecular formula is C31H35N3O4. The quantitative estimate of drug-likeness (QED) is 0.195. The molecule has 1 heterocycles. The Kier molecular flexibility index (Phi) is 8.94. The highest BCUT2D eigenvalue weighted by molar-refractivity contribution is 5.87. The number of primary amides is 1. The van der Waals surface area contributed by atoms with E-state index >= 15 is 0 Å². The Morgan fingerprint density at radius 3 is 2.42 bits per heavy atom. The summed E-state index contributed by atoms with van der Waals surface area (Å²) >= 11 is 0. The number of pyridine rings is 1. The predicted octanol–water partition coefficient (Wildman–Crippen LogP) is 4.08. The van der Waals surface area contributed by atoms with Crippen molar-refractivity contribution < 1.29 is 15.0 Å². The largest absolute Gasteiger partial charge is 0.506 e. The van der Waals surface area contributed by atoms with Crippen LogP contribution >= 0.6 is 0 Å². The predicted molar refractivity (Wildman–Crippen MR) is 150 cm³/mol. The molecule has 7 nitrogen and oxygen atoms in total. The highest BCUT2D eigenvalue weighted by Crippen LogP contribution is 2.28. The number of nitrogens with one attached hydrogen (secondary N) is 2. The molecule has 3 atom stereocenters. The number of phenolic OH excluding ortho intramolecular Hbond substituents is 1. The summed E-state index contributed by atoms with van der Waals surface area (Å²) < 4.78 is 0. The fourth-order valence-corrected chi connectivity index (χ4v) is 4.91. The molecule has 0 spiro atoms. The molecule has 38 heavy (non-hydrogen) atoms. The molecule has 4 aromatic rings. The van der Waals surface area contributed by atoms with E-state index in [1.54, 1.807) is 12.1 Å². The Balaban J connectivity index is 1.32. The fraction of sp³-hybridized carbons (Fsp3) is 0.290. The highest BCUT2D eigenvalue weighted by atomic mass is 16.3. The molecule has 0 radical (unpaired) electrons. The van der Waals surface area contributed by atoms with Gasteiger partial charge in [-0.15, -0.1) is 0 Å². The first kappa shape index (κ1) is 27.1. The van der Waals surface area contributed by atoms with E-state index in [0.717, 1.165) is 30.4 Å². The maximum absolute atomic E-state index is 12.1. The monoisotopic (exact) mass is 513 g/mol. The van der Waals surface area contributed by atoms with Crippen molar-refractivity contribution in [3.05, 3.63) is 111 Å². The maximum Gasteiger partial charge on any atom is 0.248 e. The highest BCUT2D eigenvalue weighted by Gasteiger charge is 2.18. The number of fused-ring (bicyclic) bond motifs is 1. The summed E-state index contributed by atoms with van der Waals surface area (Å²) in [4.78, 5) is 26.4. The van der Waals surface area contributed by atoms with Crippen LogP contribution in [0.15, 0.2) is 83.7 Å². The zero-order chi connectivity index (χ0) is 27.1. The molecule has 7 heteroatoms. The van der Waals surface area contributed by atoms with Crippen molar-refractivity contribution in [3.8, 4) is 5.75 Å². The van der Waals surface area contributed by atoms with E-state index in [1.165, 1.54) is 17.7 Å². The minimum Gasteiger partial charge on any atom is -0.506 e. The second kappa shape index (κ2) is 12.5. The van der Waals surface area contributed by atoms with Crippen LogP contribution in [0.1, 0.15) is 54.0 Å². The van der Waals surface area contributed by atoms with Crippen LogP contribution in [0.5, 0.6) is 5.75 Å². The van der Waals surface area contributed by atoms with Crippen LogP contribution in [0.4, 0.5) is 0 Å². The Labute approximate surface area is 222 Å². The Morgan fingerprint density at radius 2 is 1.71 bits per heavy atom. The van der Waals surface area contributed by atoms with E-state index in [0.29, 0.717) is 29.4 Å². The van der Waals surface area contributed by atoms with Crippen molar-refractivity contribution in [2.45, 2.75) is 50.7 Å². The van der Waals surface area contributed by atoms with E-state index in [2.05, 4.69) is 22.4 Å². The Morgan fingerprint density at radius 1 is 0.974 bits per heavy atom. The second-order valence-corrected chi connectivity index (χ2v) is 9.89. The van der Waals surface area contributed by atoms with Crippen molar-refractivity contribution in [2.75, 3.05) is 6.54 Å². The van der Waals surface area contributed by atoms with E-state index in [-0.39, 0.29) is 29.2 Å². The van der Waals surface area contributed by atoms with Crippen molar-refractivity contribution >= 4 is 16.8 Å². The van der Waals surface area contributed by atoms with Crippen LogP contribution in [0.2, 0.25) is 0 Å². The van der Waals surface area contributed by atoms with Gasteiger partial charge in [-0.2, -0.15) is 0 Å². The SMILES string of the molecule is C[C@H](Cc1ccc(C(CCCc2ccccc2)C(N)=O)cc1)NC[C@H](O)c1ccc(O)c2[nH]c(=O)ccc12. The van der Waals surface area contributed by atoms with Crippen molar-refractivity contribution in [2.24, 2.45) is 5.73 Å². The number of carbonyl (C=O) groups excluding carboxylic acids is 1. The average molecular weight is 514 g/mol. The first-order valence-corrected chi connectivity index (χ1v) is 13.0. The average Bonchev–Trinajstić information content (AvgIpc) is 2.91. The number of amides is 1.